The molecule has 2 aliphatic heterocycles. The highest BCUT2D eigenvalue weighted by molar-refractivity contribution is 6.31. The van der Waals surface area contributed by atoms with E-state index in [0.717, 1.165) is 45.4 Å². The van der Waals surface area contributed by atoms with Gasteiger partial charge in [0.25, 0.3) is 0 Å². The fourth-order valence-corrected chi connectivity index (χ4v) is 3.65. The van der Waals surface area contributed by atoms with E-state index in [1.54, 1.807) is 12.1 Å². The molecule has 0 aromatic heterocycles. The highest BCUT2D eigenvalue weighted by Gasteiger charge is 2.26. The number of hydrogen-bond donors (Lipinski definition) is 3. The number of likely N-dealkylation sites (tertiary alicyclic amines) is 1. The average molecular weight is 445 g/mol. The summed E-state index contributed by atoms with van der Waals surface area (Å²) in [5.74, 6) is -3.75. The van der Waals surface area contributed by atoms with Gasteiger partial charge in [0.1, 0.15) is 5.82 Å². The van der Waals surface area contributed by atoms with Crippen LogP contribution in [0.5, 0.6) is 0 Å². The molecule has 0 saturated carbocycles. The number of carbonyl (C=O) groups excluding carboxylic acids is 1. The third kappa shape index (κ3) is 7.55. The third-order valence-electron chi connectivity index (χ3n) is 5.11. The minimum Gasteiger partial charge on any atom is -0.473 e. The fraction of sp³-hybridized carbons (Fsp3) is 0.550. The first-order chi connectivity index (χ1) is 14.3. The van der Waals surface area contributed by atoms with Gasteiger partial charge in [-0.3, -0.25) is 9.69 Å². The van der Waals surface area contributed by atoms with E-state index >= 15 is 0 Å². The molecule has 0 aliphatic carbocycles. The quantitative estimate of drug-likeness (QED) is 0.596. The number of halogens is 2. The Morgan fingerprint density at radius 1 is 1.17 bits per heavy atom. The van der Waals surface area contributed by atoms with E-state index in [4.69, 9.17) is 36.1 Å². The number of ether oxygens (including phenoxy) is 1. The molecule has 2 fully saturated rings. The van der Waals surface area contributed by atoms with Crippen molar-refractivity contribution in [3.05, 3.63) is 34.6 Å². The largest absolute Gasteiger partial charge is 0.473 e. The van der Waals surface area contributed by atoms with Crippen LogP contribution in [0.25, 0.3) is 0 Å². The van der Waals surface area contributed by atoms with E-state index in [0.29, 0.717) is 23.7 Å². The normalized spacial score (nSPS) is 19.6. The zero-order valence-electron chi connectivity index (χ0n) is 16.5. The topological polar surface area (TPSA) is 116 Å². The Morgan fingerprint density at radius 3 is 2.37 bits per heavy atom. The second-order valence-electron chi connectivity index (χ2n) is 7.24. The molecule has 1 atom stereocenters. The summed E-state index contributed by atoms with van der Waals surface area (Å²) in [5, 5.41) is 18.3. The fourth-order valence-electron chi connectivity index (χ4n) is 3.42. The number of carboxylic acids is 2. The lowest BCUT2D eigenvalue weighted by atomic mass is 9.95. The number of nitrogens with zero attached hydrogens (tertiary/aromatic N) is 1. The summed E-state index contributed by atoms with van der Waals surface area (Å²) >= 11 is 6.09. The van der Waals surface area contributed by atoms with Crippen LogP contribution in [0.4, 0.5) is 4.39 Å². The molecule has 2 saturated heterocycles. The Balaban J connectivity index is 0.000000469. The number of piperidine rings is 1. The molecule has 3 N–H and O–H groups in total. The van der Waals surface area contributed by atoms with E-state index in [1.807, 2.05) is 0 Å². The van der Waals surface area contributed by atoms with Crippen LogP contribution >= 0.6 is 11.6 Å². The van der Waals surface area contributed by atoms with Crippen LogP contribution < -0.4 is 5.32 Å². The van der Waals surface area contributed by atoms with E-state index in [1.165, 1.54) is 6.07 Å². The Hall–Kier alpha value is -2.23. The molecule has 2 aliphatic rings. The molecule has 1 aromatic carbocycles. The van der Waals surface area contributed by atoms with Gasteiger partial charge in [0.05, 0.1) is 6.10 Å². The van der Waals surface area contributed by atoms with E-state index in [-0.39, 0.29) is 23.7 Å². The first-order valence-electron chi connectivity index (χ1n) is 9.78. The number of rotatable bonds is 5. The lowest BCUT2D eigenvalue weighted by molar-refractivity contribution is -0.159. The molecule has 1 unspecified atom stereocenters. The van der Waals surface area contributed by atoms with Crippen molar-refractivity contribution in [2.24, 2.45) is 5.92 Å². The molecule has 0 bridgehead atoms. The molecular weight excluding hydrogens is 419 g/mol. The zero-order chi connectivity index (χ0) is 22.1. The molecule has 30 heavy (non-hydrogen) atoms. The van der Waals surface area contributed by atoms with Gasteiger partial charge < -0.3 is 20.3 Å². The van der Waals surface area contributed by atoms with Crippen LogP contribution in [0.1, 0.15) is 31.2 Å². The van der Waals surface area contributed by atoms with E-state index < -0.39 is 11.9 Å². The zero-order valence-corrected chi connectivity index (χ0v) is 17.2. The van der Waals surface area contributed by atoms with Crippen molar-refractivity contribution < 1.29 is 33.7 Å². The SMILES string of the molecule is O=C(NCC1CCCO1)C1CCN(Cc2c(F)cccc2Cl)CC1.O=C(O)C(=O)O. The Morgan fingerprint density at radius 2 is 1.83 bits per heavy atom. The summed E-state index contributed by atoms with van der Waals surface area (Å²) in [5.41, 5.74) is 0.542. The van der Waals surface area contributed by atoms with Crippen molar-refractivity contribution >= 4 is 29.4 Å². The Bertz CT molecular complexity index is 717. The molecule has 166 valence electrons. The van der Waals surface area contributed by atoms with Gasteiger partial charge in [-0.1, -0.05) is 17.7 Å². The molecule has 3 rings (SSSR count). The Labute approximate surface area is 178 Å². The van der Waals surface area contributed by atoms with E-state index in [9.17, 15) is 9.18 Å². The predicted molar refractivity (Wildman–Crippen MR) is 107 cm³/mol. The van der Waals surface area contributed by atoms with Gasteiger partial charge >= 0.3 is 11.9 Å². The van der Waals surface area contributed by atoms with Crippen LogP contribution in [0.15, 0.2) is 18.2 Å². The second-order valence-corrected chi connectivity index (χ2v) is 7.65. The van der Waals surface area contributed by atoms with Crippen molar-refractivity contribution in [1.82, 2.24) is 10.2 Å². The monoisotopic (exact) mass is 444 g/mol. The minimum atomic E-state index is -1.82. The smallest absolute Gasteiger partial charge is 0.414 e. The maximum atomic E-state index is 13.9. The lowest BCUT2D eigenvalue weighted by Crippen LogP contribution is -2.42. The lowest BCUT2D eigenvalue weighted by Gasteiger charge is -2.31. The van der Waals surface area contributed by atoms with Crippen molar-refractivity contribution in [1.29, 1.82) is 0 Å². The maximum Gasteiger partial charge on any atom is 0.414 e. The highest BCUT2D eigenvalue weighted by atomic mass is 35.5. The van der Waals surface area contributed by atoms with Gasteiger partial charge in [0.15, 0.2) is 0 Å². The van der Waals surface area contributed by atoms with E-state index in [2.05, 4.69) is 10.2 Å². The van der Waals surface area contributed by atoms with Crippen LogP contribution in [0, 0.1) is 11.7 Å². The van der Waals surface area contributed by atoms with Crippen LogP contribution in [-0.4, -0.2) is 65.3 Å². The van der Waals surface area contributed by atoms with Crippen molar-refractivity contribution in [2.45, 2.75) is 38.3 Å². The first-order valence-corrected chi connectivity index (χ1v) is 10.2. The van der Waals surface area contributed by atoms with Gasteiger partial charge in [-0.25, -0.2) is 14.0 Å². The summed E-state index contributed by atoms with van der Waals surface area (Å²) in [4.78, 5) is 32.6. The van der Waals surface area contributed by atoms with Crippen molar-refractivity contribution in [3.8, 4) is 0 Å². The number of benzene rings is 1. The molecule has 0 radical (unpaired) electrons. The molecule has 1 amide bonds. The number of hydrogen-bond acceptors (Lipinski definition) is 5. The van der Waals surface area contributed by atoms with Crippen LogP contribution in [0.3, 0.4) is 0 Å². The van der Waals surface area contributed by atoms with Crippen LogP contribution in [0.2, 0.25) is 5.02 Å². The van der Waals surface area contributed by atoms with Crippen molar-refractivity contribution in [3.63, 3.8) is 0 Å². The summed E-state index contributed by atoms with van der Waals surface area (Å²) in [6, 6.07) is 4.77. The maximum absolute atomic E-state index is 13.9. The standard InChI is InChI=1S/C18H24ClFN2O2.C2H2O4/c19-16-4-1-5-17(20)15(16)12-22-8-6-13(7-9-22)18(23)21-11-14-3-2-10-24-14;3-1(4)2(5)6/h1,4-5,13-14H,2-3,6-12H2,(H,21,23);(H,3,4)(H,5,6). The molecule has 10 heteroatoms. The Kier molecular flexibility index (Phi) is 9.48. The van der Waals surface area contributed by atoms with Crippen molar-refractivity contribution in [2.75, 3.05) is 26.2 Å². The average Bonchev–Trinajstić information content (AvgIpc) is 3.23. The number of carbonyl (C=O) groups is 3. The molecule has 1 aromatic rings. The minimum absolute atomic E-state index is 0.0405. The number of amides is 1. The molecular formula is C20H26ClFN2O6. The van der Waals surface area contributed by atoms with Gasteiger partial charge in [0.2, 0.25) is 5.91 Å². The summed E-state index contributed by atoms with van der Waals surface area (Å²) < 4.78 is 19.4. The number of aliphatic carboxylic acids is 2. The molecule has 8 nitrogen and oxygen atoms in total. The van der Waals surface area contributed by atoms with Crippen LogP contribution in [-0.2, 0) is 25.7 Å². The summed E-state index contributed by atoms with van der Waals surface area (Å²) in [6.07, 6.45) is 3.88. The summed E-state index contributed by atoms with van der Waals surface area (Å²) in [7, 11) is 0. The predicted octanol–water partition coefficient (Wildman–Crippen LogP) is 2.14. The third-order valence-corrected chi connectivity index (χ3v) is 5.47. The highest BCUT2D eigenvalue weighted by Crippen LogP contribution is 2.24. The number of carboxylic acid groups (broad SMARTS) is 2. The first kappa shape index (κ1) is 24.0. The summed E-state index contributed by atoms with van der Waals surface area (Å²) in [6.45, 7) is 3.47. The second kappa shape index (κ2) is 11.8. The van der Waals surface area contributed by atoms with Gasteiger partial charge in [-0.05, 0) is 50.9 Å². The molecule has 2 heterocycles. The van der Waals surface area contributed by atoms with Gasteiger partial charge in [-0.15, -0.1) is 0 Å². The van der Waals surface area contributed by atoms with Gasteiger partial charge in [-0.2, -0.15) is 0 Å². The number of nitrogens with one attached hydrogen (secondary N) is 1. The molecule has 0 spiro atoms. The van der Waals surface area contributed by atoms with Gasteiger partial charge in [0, 0.05) is 36.2 Å².